The molecule has 1 aromatic rings. The molecule has 0 radical (unpaired) electrons. The third kappa shape index (κ3) is 1.87. The molecule has 0 amide bonds. The van der Waals surface area contributed by atoms with Gasteiger partial charge in [-0.05, 0) is 17.7 Å². The Kier molecular flexibility index (Phi) is 2.36. The number of fused-ring (bicyclic) bond motifs is 1. The molecule has 0 aliphatic carbocycles. The largest absolute Gasteiger partial charge is 0.424 e. The molecule has 86 valence electrons. The molecule has 1 aliphatic heterocycles. The Morgan fingerprint density at radius 1 is 1.31 bits per heavy atom. The highest BCUT2D eigenvalue weighted by Crippen LogP contribution is 2.35. The molecule has 2 nitrogen and oxygen atoms in total. The van der Waals surface area contributed by atoms with Crippen molar-refractivity contribution in [1.82, 2.24) is 0 Å². The fourth-order valence-electron chi connectivity index (χ4n) is 1.44. The molecule has 1 aromatic carbocycles. The van der Waals surface area contributed by atoms with E-state index in [4.69, 9.17) is 0 Å². The maximum absolute atomic E-state index is 12.9. The van der Waals surface area contributed by atoms with Crippen LogP contribution in [0.15, 0.2) is 18.2 Å². The summed E-state index contributed by atoms with van der Waals surface area (Å²) in [5.41, 5.74) is -0.656. The summed E-state index contributed by atoms with van der Waals surface area (Å²) in [6.07, 6.45) is -6.55. The van der Waals surface area contributed by atoms with Crippen LogP contribution in [0, 0.1) is 0 Å². The van der Waals surface area contributed by atoms with Crippen molar-refractivity contribution in [3.8, 4) is 5.75 Å². The van der Waals surface area contributed by atoms with Gasteiger partial charge in [0.15, 0.2) is 0 Å². The van der Waals surface area contributed by atoms with E-state index in [1.165, 1.54) is 0 Å². The first-order chi connectivity index (χ1) is 7.38. The minimum Gasteiger partial charge on any atom is -0.424 e. The molecule has 6 heteroatoms. The summed E-state index contributed by atoms with van der Waals surface area (Å²) in [6.45, 7) is 0. The number of carbonyl (C=O) groups excluding carboxylic acids is 1. The molecule has 0 bridgehead atoms. The van der Waals surface area contributed by atoms with E-state index in [9.17, 15) is 22.4 Å². The number of alkyl halides is 4. The van der Waals surface area contributed by atoms with Gasteiger partial charge < -0.3 is 4.74 Å². The van der Waals surface area contributed by atoms with Gasteiger partial charge in [-0.3, -0.25) is 0 Å². The Bertz CT molecular complexity index is 439. The zero-order valence-electron chi connectivity index (χ0n) is 7.84. The summed E-state index contributed by atoms with van der Waals surface area (Å²) in [5, 5.41) is 0. The van der Waals surface area contributed by atoms with E-state index < -0.39 is 23.9 Å². The number of hydrogen-bond acceptors (Lipinski definition) is 2. The van der Waals surface area contributed by atoms with Gasteiger partial charge in [-0.1, -0.05) is 6.07 Å². The van der Waals surface area contributed by atoms with Crippen LogP contribution < -0.4 is 4.74 Å². The summed E-state index contributed by atoms with van der Waals surface area (Å²) in [5.74, 6) is -1.36. The van der Waals surface area contributed by atoms with Gasteiger partial charge >= 0.3 is 12.1 Å². The third-order valence-corrected chi connectivity index (χ3v) is 2.26. The monoisotopic (exact) mass is 234 g/mol. The molecule has 1 heterocycles. The SMILES string of the molecule is O=C1Oc2cc(C(F)(F)F)ccc2CC1F. The van der Waals surface area contributed by atoms with Crippen LogP contribution in [0.1, 0.15) is 11.1 Å². The van der Waals surface area contributed by atoms with Gasteiger partial charge in [-0.25, -0.2) is 9.18 Å². The maximum atomic E-state index is 12.9. The minimum absolute atomic E-state index is 0.214. The summed E-state index contributed by atoms with van der Waals surface area (Å²) in [6, 6.07) is 2.67. The Balaban J connectivity index is 2.40. The van der Waals surface area contributed by atoms with E-state index >= 15 is 0 Å². The number of hydrogen-bond donors (Lipinski definition) is 0. The van der Waals surface area contributed by atoms with Crippen LogP contribution in [0.5, 0.6) is 5.75 Å². The lowest BCUT2D eigenvalue weighted by molar-refractivity contribution is -0.142. The molecule has 16 heavy (non-hydrogen) atoms. The van der Waals surface area contributed by atoms with E-state index in [0.717, 1.165) is 12.1 Å². The standard InChI is InChI=1S/C10H6F4O2/c11-7-3-5-1-2-6(10(12,13)14)4-8(5)16-9(7)15/h1-2,4,7H,3H2. The average Bonchev–Trinajstić information content (AvgIpc) is 2.17. The maximum Gasteiger partial charge on any atom is 0.416 e. The lowest BCUT2D eigenvalue weighted by Gasteiger charge is -2.19. The predicted octanol–water partition coefficient (Wildman–Crippen LogP) is 2.51. The van der Waals surface area contributed by atoms with Crippen molar-refractivity contribution in [3.05, 3.63) is 29.3 Å². The number of rotatable bonds is 0. The first-order valence-electron chi connectivity index (χ1n) is 4.44. The minimum atomic E-state index is -4.51. The number of esters is 1. The van der Waals surface area contributed by atoms with Crippen molar-refractivity contribution in [2.75, 3.05) is 0 Å². The van der Waals surface area contributed by atoms with Crippen molar-refractivity contribution < 1.29 is 27.1 Å². The molecule has 0 fully saturated rings. The van der Waals surface area contributed by atoms with Crippen molar-refractivity contribution in [1.29, 1.82) is 0 Å². The second kappa shape index (κ2) is 3.47. The first kappa shape index (κ1) is 10.9. The second-order valence-corrected chi connectivity index (χ2v) is 3.41. The normalized spacial score (nSPS) is 20.2. The van der Waals surface area contributed by atoms with E-state index in [2.05, 4.69) is 4.74 Å². The Hall–Kier alpha value is -1.59. The summed E-state index contributed by atoms with van der Waals surface area (Å²) in [4.78, 5) is 10.8. The lowest BCUT2D eigenvalue weighted by atomic mass is 10.0. The van der Waals surface area contributed by atoms with Crippen LogP contribution >= 0.6 is 0 Å². The highest BCUT2D eigenvalue weighted by atomic mass is 19.4. The summed E-state index contributed by atoms with van der Waals surface area (Å²) < 4.78 is 54.3. The van der Waals surface area contributed by atoms with Crippen LogP contribution in [-0.2, 0) is 17.4 Å². The second-order valence-electron chi connectivity index (χ2n) is 3.41. The predicted molar refractivity (Wildman–Crippen MR) is 45.7 cm³/mol. The molecule has 1 unspecified atom stereocenters. The third-order valence-electron chi connectivity index (χ3n) is 2.26. The quantitative estimate of drug-likeness (QED) is 0.391. The number of halogens is 4. The number of ether oxygens (including phenoxy) is 1. The molecule has 1 aliphatic rings. The molecule has 0 saturated carbocycles. The van der Waals surface area contributed by atoms with Crippen molar-refractivity contribution >= 4 is 5.97 Å². The van der Waals surface area contributed by atoms with Crippen molar-refractivity contribution in [3.63, 3.8) is 0 Å². The molecule has 0 N–H and O–H groups in total. The fraction of sp³-hybridized carbons (Fsp3) is 0.300. The molecule has 0 aromatic heterocycles. The van der Waals surface area contributed by atoms with Gasteiger partial charge in [0.05, 0.1) is 5.56 Å². The average molecular weight is 234 g/mol. The van der Waals surface area contributed by atoms with Crippen LogP contribution in [0.3, 0.4) is 0 Å². The van der Waals surface area contributed by atoms with Gasteiger partial charge in [-0.2, -0.15) is 13.2 Å². The molecular weight excluding hydrogens is 228 g/mol. The summed E-state index contributed by atoms with van der Waals surface area (Å²) in [7, 11) is 0. The number of carbonyl (C=O) groups is 1. The molecule has 1 atom stereocenters. The van der Waals surface area contributed by atoms with Crippen LogP contribution in [-0.4, -0.2) is 12.1 Å². The fourth-order valence-corrected chi connectivity index (χ4v) is 1.44. The Labute approximate surface area is 87.8 Å². The van der Waals surface area contributed by atoms with Crippen molar-refractivity contribution in [2.45, 2.75) is 18.8 Å². The van der Waals surface area contributed by atoms with Crippen molar-refractivity contribution in [2.24, 2.45) is 0 Å². The van der Waals surface area contributed by atoms with Gasteiger partial charge in [0.1, 0.15) is 5.75 Å². The molecular formula is C10H6F4O2. The van der Waals surface area contributed by atoms with E-state index in [1.54, 1.807) is 0 Å². The Morgan fingerprint density at radius 2 is 2.00 bits per heavy atom. The van der Waals surface area contributed by atoms with Gasteiger partial charge in [0.2, 0.25) is 6.17 Å². The number of benzene rings is 1. The highest BCUT2D eigenvalue weighted by molar-refractivity contribution is 5.80. The zero-order valence-corrected chi connectivity index (χ0v) is 7.84. The van der Waals surface area contributed by atoms with Gasteiger partial charge in [-0.15, -0.1) is 0 Å². The van der Waals surface area contributed by atoms with E-state index in [1.807, 2.05) is 0 Å². The summed E-state index contributed by atoms with van der Waals surface area (Å²) >= 11 is 0. The Morgan fingerprint density at radius 3 is 2.62 bits per heavy atom. The molecule has 0 spiro atoms. The van der Waals surface area contributed by atoms with E-state index in [0.29, 0.717) is 6.07 Å². The van der Waals surface area contributed by atoms with Crippen LogP contribution in [0.25, 0.3) is 0 Å². The zero-order chi connectivity index (χ0) is 11.9. The first-order valence-corrected chi connectivity index (χ1v) is 4.44. The highest BCUT2D eigenvalue weighted by Gasteiger charge is 2.34. The van der Waals surface area contributed by atoms with Gasteiger partial charge in [0, 0.05) is 6.42 Å². The topological polar surface area (TPSA) is 26.3 Å². The smallest absolute Gasteiger partial charge is 0.416 e. The lowest BCUT2D eigenvalue weighted by Crippen LogP contribution is -2.29. The van der Waals surface area contributed by atoms with Crippen LogP contribution in [0.2, 0.25) is 0 Å². The van der Waals surface area contributed by atoms with E-state index in [-0.39, 0.29) is 17.7 Å². The molecule has 2 rings (SSSR count). The van der Waals surface area contributed by atoms with Crippen LogP contribution in [0.4, 0.5) is 17.6 Å². The molecule has 0 saturated heterocycles. The van der Waals surface area contributed by atoms with Gasteiger partial charge in [0.25, 0.3) is 0 Å².